The van der Waals surface area contributed by atoms with Crippen LogP contribution in [0.1, 0.15) is 26.3 Å². The Balaban J connectivity index is 2.76. The highest BCUT2D eigenvalue weighted by atomic mass is 32.1. The van der Waals surface area contributed by atoms with Crippen molar-refractivity contribution < 1.29 is 19.2 Å². The molecular formula is C14H22N2O4S. The molecule has 2 amide bonds. The molecule has 1 aromatic rings. The van der Waals surface area contributed by atoms with Gasteiger partial charge in [-0.2, -0.15) is 11.3 Å². The van der Waals surface area contributed by atoms with E-state index in [0.29, 0.717) is 6.42 Å². The number of hydrogen-bond acceptors (Lipinski definition) is 5. The fourth-order valence-corrected chi connectivity index (χ4v) is 2.29. The molecule has 0 aliphatic rings. The van der Waals surface area contributed by atoms with Gasteiger partial charge in [0.1, 0.15) is 11.6 Å². The average molecular weight is 314 g/mol. The summed E-state index contributed by atoms with van der Waals surface area (Å²) in [5.41, 5.74) is 0.353. The minimum Gasteiger partial charge on any atom is -0.444 e. The summed E-state index contributed by atoms with van der Waals surface area (Å²) < 4.78 is 5.19. The maximum Gasteiger partial charge on any atom is 0.408 e. The lowest BCUT2D eigenvalue weighted by atomic mass is 10.1. The molecule has 1 heterocycles. The van der Waals surface area contributed by atoms with Crippen molar-refractivity contribution in [1.29, 1.82) is 0 Å². The highest BCUT2D eigenvalue weighted by Gasteiger charge is 2.27. The normalized spacial score (nSPS) is 12.6. The molecule has 0 saturated heterocycles. The van der Waals surface area contributed by atoms with Crippen molar-refractivity contribution in [3.8, 4) is 0 Å². The smallest absolute Gasteiger partial charge is 0.408 e. The highest BCUT2D eigenvalue weighted by molar-refractivity contribution is 7.07. The van der Waals surface area contributed by atoms with Crippen molar-refractivity contribution in [3.63, 3.8) is 0 Å². The SMILES string of the molecule is CON(C)C(=O)C(Cc1ccsc1)NC(=O)OC(C)(C)C. The third kappa shape index (κ3) is 6.14. The van der Waals surface area contributed by atoms with Gasteiger partial charge in [0.2, 0.25) is 0 Å². The zero-order chi connectivity index (χ0) is 16.0. The summed E-state index contributed by atoms with van der Waals surface area (Å²) in [6, 6.07) is 1.17. The molecule has 6 nitrogen and oxygen atoms in total. The third-order valence-corrected chi connectivity index (χ3v) is 3.33. The van der Waals surface area contributed by atoms with Gasteiger partial charge in [-0.05, 0) is 43.2 Å². The van der Waals surface area contributed by atoms with Crippen LogP contribution in [0.3, 0.4) is 0 Å². The highest BCUT2D eigenvalue weighted by Crippen LogP contribution is 2.12. The summed E-state index contributed by atoms with van der Waals surface area (Å²) in [6.07, 6.45) is -0.240. The molecule has 0 radical (unpaired) electrons. The van der Waals surface area contributed by atoms with Gasteiger partial charge in [0, 0.05) is 13.5 Å². The molecule has 1 N–H and O–H groups in total. The number of alkyl carbamates (subject to hydrolysis) is 1. The van der Waals surface area contributed by atoms with Gasteiger partial charge >= 0.3 is 6.09 Å². The van der Waals surface area contributed by atoms with Crippen LogP contribution in [0.25, 0.3) is 0 Å². The molecule has 0 bridgehead atoms. The second kappa shape index (κ2) is 7.42. The summed E-state index contributed by atoms with van der Waals surface area (Å²) in [5, 5.41) is 7.55. The summed E-state index contributed by atoms with van der Waals surface area (Å²) >= 11 is 1.54. The predicted octanol–water partition coefficient (Wildman–Crippen LogP) is 2.20. The summed E-state index contributed by atoms with van der Waals surface area (Å²) in [6.45, 7) is 5.30. The van der Waals surface area contributed by atoms with Crippen LogP contribution in [0.2, 0.25) is 0 Å². The van der Waals surface area contributed by atoms with Crippen LogP contribution in [0.15, 0.2) is 16.8 Å². The Bertz CT molecular complexity index is 468. The zero-order valence-corrected chi connectivity index (χ0v) is 13.8. The molecule has 0 aromatic carbocycles. The van der Waals surface area contributed by atoms with E-state index in [4.69, 9.17) is 9.57 Å². The van der Waals surface area contributed by atoms with Gasteiger partial charge in [-0.15, -0.1) is 0 Å². The molecule has 0 fully saturated rings. The monoisotopic (exact) mass is 314 g/mol. The van der Waals surface area contributed by atoms with Gasteiger partial charge in [0.25, 0.3) is 5.91 Å². The van der Waals surface area contributed by atoms with E-state index in [1.54, 1.807) is 20.8 Å². The molecule has 1 atom stereocenters. The number of rotatable bonds is 5. The van der Waals surface area contributed by atoms with Crippen molar-refractivity contribution in [2.75, 3.05) is 14.2 Å². The maximum atomic E-state index is 12.2. The fourth-order valence-electron chi connectivity index (χ4n) is 1.60. The standard InChI is InChI=1S/C14H22N2O4S/c1-14(2,3)20-13(18)15-11(12(17)16(4)19-5)8-10-6-7-21-9-10/h6-7,9,11H,8H2,1-5H3,(H,15,18). The van der Waals surface area contributed by atoms with Crippen molar-refractivity contribution in [2.45, 2.75) is 38.8 Å². The maximum absolute atomic E-state index is 12.2. The van der Waals surface area contributed by atoms with E-state index in [-0.39, 0.29) is 5.91 Å². The Labute approximate surface area is 129 Å². The molecule has 1 unspecified atom stereocenters. The van der Waals surface area contributed by atoms with Gasteiger partial charge in [0.15, 0.2) is 0 Å². The number of nitrogens with one attached hydrogen (secondary N) is 1. The van der Waals surface area contributed by atoms with Crippen LogP contribution >= 0.6 is 11.3 Å². The Kier molecular flexibility index (Phi) is 6.17. The summed E-state index contributed by atoms with van der Waals surface area (Å²) in [4.78, 5) is 29.0. The molecule has 1 aromatic heterocycles. The Hall–Kier alpha value is -1.60. The lowest BCUT2D eigenvalue weighted by Crippen LogP contribution is -2.49. The molecule has 0 saturated carbocycles. The van der Waals surface area contributed by atoms with Gasteiger partial charge in [-0.25, -0.2) is 9.86 Å². The van der Waals surface area contributed by atoms with E-state index in [1.165, 1.54) is 25.5 Å². The molecule has 0 spiro atoms. The molecule has 118 valence electrons. The van der Waals surface area contributed by atoms with Gasteiger partial charge in [-0.3, -0.25) is 9.63 Å². The van der Waals surface area contributed by atoms with E-state index in [0.717, 1.165) is 10.6 Å². The molecule has 0 aliphatic carbocycles. The van der Waals surface area contributed by atoms with E-state index in [9.17, 15) is 9.59 Å². The second-order valence-electron chi connectivity index (χ2n) is 5.55. The van der Waals surface area contributed by atoms with Crippen molar-refractivity contribution in [1.82, 2.24) is 10.4 Å². The Morgan fingerprint density at radius 1 is 1.43 bits per heavy atom. The minimum atomic E-state index is -0.737. The number of nitrogens with zero attached hydrogens (tertiary/aromatic N) is 1. The summed E-state index contributed by atoms with van der Waals surface area (Å²) in [5.74, 6) is -0.338. The van der Waals surface area contributed by atoms with Crippen molar-refractivity contribution in [2.24, 2.45) is 0 Å². The van der Waals surface area contributed by atoms with Gasteiger partial charge in [-0.1, -0.05) is 0 Å². The molecule has 0 aliphatic heterocycles. The molecular weight excluding hydrogens is 292 g/mol. The van der Waals surface area contributed by atoms with Crippen LogP contribution < -0.4 is 5.32 Å². The third-order valence-electron chi connectivity index (χ3n) is 2.59. The first kappa shape index (κ1) is 17.5. The van der Waals surface area contributed by atoms with Crippen LogP contribution in [-0.4, -0.2) is 42.9 Å². The average Bonchev–Trinajstić information content (AvgIpc) is 2.86. The number of ether oxygens (including phenoxy) is 1. The first-order valence-electron chi connectivity index (χ1n) is 6.55. The van der Waals surface area contributed by atoms with E-state index < -0.39 is 17.7 Å². The van der Waals surface area contributed by atoms with Crippen LogP contribution in [0, 0.1) is 0 Å². The van der Waals surface area contributed by atoms with Gasteiger partial charge < -0.3 is 10.1 Å². The van der Waals surface area contributed by atoms with Gasteiger partial charge in [0.05, 0.1) is 7.11 Å². The molecule has 7 heteroatoms. The summed E-state index contributed by atoms with van der Waals surface area (Å²) in [7, 11) is 2.90. The van der Waals surface area contributed by atoms with E-state index in [1.807, 2.05) is 16.8 Å². The largest absolute Gasteiger partial charge is 0.444 e. The first-order valence-corrected chi connectivity index (χ1v) is 7.49. The topological polar surface area (TPSA) is 67.9 Å². The minimum absolute atomic E-state index is 0.338. The van der Waals surface area contributed by atoms with Crippen LogP contribution in [0.5, 0.6) is 0 Å². The number of amides is 2. The number of likely N-dealkylation sites (N-methyl/N-ethyl adjacent to an activating group) is 1. The Morgan fingerprint density at radius 3 is 2.57 bits per heavy atom. The van der Waals surface area contributed by atoms with Crippen molar-refractivity contribution in [3.05, 3.63) is 22.4 Å². The lowest BCUT2D eigenvalue weighted by molar-refractivity contribution is -0.171. The number of carbonyl (C=O) groups is 2. The number of hydroxylamine groups is 2. The quantitative estimate of drug-likeness (QED) is 0.846. The van der Waals surface area contributed by atoms with E-state index >= 15 is 0 Å². The van der Waals surface area contributed by atoms with Crippen LogP contribution in [0.4, 0.5) is 4.79 Å². The Morgan fingerprint density at radius 2 is 2.10 bits per heavy atom. The fraction of sp³-hybridized carbons (Fsp3) is 0.571. The first-order chi connectivity index (χ1) is 9.73. The van der Waals surface area contributed by atoms with Crippen molar-refractivity contribution >= 4 is 23.3 Å². The number of thiophene rings is 1. The zero-order valence-electron chi connectivity index (χ0n) is 13.0. The number of carbonyl (C=O) groups excluding carboxylic acids is 2. The second-order valence-corrected chi connectivity index (χ2v) is 6.33. The van der Waals surface area contributed by atoms with E-state index in [2.05, 4.69) is 5.32 Å². The lowest BCUT2D eigenvalue weighted by Gasteiger charge is -2.25. The molecule has 1 rings (SSSR count). The predicted molar refractivity (Wildman–Crippen MR) is 81.0 cm³/mol. The molecule has 21 heavy (non-hydrogen) atoms. The van der Waals surface area contributed by atoms with Crippen LogP contribution in [-0.2, 0) is 20.8 Å². The number of hydrogen-bond donors (Lipinski definition) is 1.